The van der Waals surface area contributed by atoms with Gasteiger partial charge in [0.1, 0.15) is 0 Å². The van der Waals surface area contributed by atoms with E-state index in [-0.39, 0.29) is 0 Å². The van der Waals surface area contributed by atoms with E-state index in [0.717, 1.165) is 21.5 Å². The molecule has 0 bridgehead atoms. The van der Waals surface area contributed by atoms with Gasteiger partial charge in [-0.25, -0.2) is 9.97 Å². The normalized spacial score (nSPS) is 11.1. The Labute approximate surface area is 137 Å². The Hall–Kier alpha value is -0.0400. The summed E-state index contributed by atoms with van der Waals surface area (Å²) in [4.78, 5) is 9.31. The molecule has 0 N–H and O–H groups in total. The molecule has 6 heteroatoms. The molecule has 0 atom stereocenters. The summed E-state index contributed by atoms with van der Waals surface area (Å²) in [7, 11) is 3.47. The predicted octanol–water partition coefficient (Wildman–Crippen LogP) is 6.08. The molecule has 2 aromatic rings. The quantitative estimate of drug-likeness (QED) is 0.514. The summed E-state index contributed by atoms with van der Waals surface area (Å²) in [5.74, 6) is 0. The van der Waals surface area contributed by atoms with E-state index in [4.69, 9.17) is 0 Å². The Balaban J connectivity index is 1.79. The van der Waals surface area contributed by atoms with Gasteiger partial charge in [0.2, 0.25) is 0 Å². The minimum Gasteiger partial charge on any atom is -0.234 e. The molecule has 0 saturated heterocycles. The first kappa shape index (κ1) is 16.3. The minimum absolute atomic E-state index is 1.11. The van der Waals surface area contributed by atoms with E-state index < -0.39 is 0 Å². The third-order valence-corrected chi connectivity index (χ3v) is 7.64. The van der Waals surface area contributed by atoms with Crippen LogP contribution in [0.25, 0.3) is 0 Å². The highest BCUT2D eigenvalue weighted by atomic mass is 33.1. The molecule has 2 nitrogen and oxygen atoms in total. The fourth-order valence-electron chi connectivity index (χ4n) is 1.67. The highest BCUT2D eigenvalue weighted by Gasteiger charge is 2.07. The minimum atomic E-state index is 1.11. The predicted molar refractivity (Wildman–Crippen MR) is 93.2 cm³/mol. The first-order chi connectivity index (χ1) is 9.81. The zero-order chi connectivity index (χ0) is 14.2. The molecule has 0 radical (unpaired) electrons. The van der Waals surface area contributed by atoms with Crippen LogP contribution in [0.4, 0.5) is 0 Å². The van der Waals surface area contributed by atoms with E-state index in [0.29, 0.717) is 0 Å². The van der Waals surface area contributed by atoms with E-state index in [1.807, 2.05) is 0 Å². The molecule has 0 spiro atoms. The van der Waals surface area contributed by atoms with Crippen molar-refractivity contribution in [2.75, 3.05) is 0 Å². The smallest absolute Gasteiger partial charge is 0.161 e. The van der Waals surface area contributed by atoms with Gasteiger partial charge in [0, 0.05) is 10.8 Å². The van der Waals surface area contributed by atoms with Gasteiger partial charge in [0.25, 0.3) is 0 Å². The van der Waals surface area contributed by atoms with Crippen LogP contribution in [0, 0.1) is 0 Å². The summed E-state index contributed by atoms with van der Waals surface area (Å²) in [6.07, 6.45) is 7.14. The fraction of sp³-hybridized carbons (Fsp3) is 0.571. The van der Waals surface area contributed by atoms with E-state index in [1.54, 1.807) is 44.3 Å². The summed E-state index contributed by atoms with van der Waals surface area (Å²) < 4.78 is 2.29. The van der Waals surface area contributed by atoms with Gasteiger partial charge in [0.15, 0.2) is 8.68 Å². The molecule has 2 aromatic heterocycles. The van der Waals surface area contributed by atoms with Gasteiger partial charge >= 0.3 is 0 Å². The number of unbranched alkanes of at least 4 members (excludes halogenated alkanes) is 2. The first-order valence-corrected chi connectivity index (χ1v) is 11.0. The molecule has 0 amide bonds. The average Bonchev–Trinajstić information content (AvgIpc) is 3.10. The van der Waals surface area contributed by atoms with Crippen LogP contribution in [0.1, 0.15) is 50.9 Å². The molecule has 0 saturated carbocycles. The Bertz CT molecular complexity index is 461. The van der Waals surface area contributed by atoms with Gasteiger partial charge in [-0.1, -0.05) is 26.7 Å². The van der Waals surface area contributed by atoms with Crippen LogP contribution in [-0.4, -0.2) is 9.97 Å². The van der Waals surface area contributed by atoms with Crippen molar-refractivity contribution < 1.29 is 0 Å². The second-order valence-corrected chi connectivity index (χ2v) is 8.92. The molecule has 110 valence electrons. The fourth-order valence-corrected chi connectivity index (χ4v) is 5.85. The SMILES string of the molecule is CCCCc1csc(SSc2nc(CCCC)cs2)n1. The average molecular weight is 345 g/mol. The molecule has 0 aliphatic carbocycles. The van der Waals surface area contributed by atoms with Crippen molar-refractivity contribution in [1.29, 1.82) is 0 Å². The molecule has 0 aromatic carbocycles. The third-order valence-electron chi connectivity index (χ3n) is 2.82. The number of rotatable bonds is 9. The van der Waals surface area contributed by atoms with Crippen molar-refractivity contribution in [2.24, 2.45) is 0 Å². The molecule has 2 rings (SSSR count). The van der Waals surface area contributed by atoms with Crippen molar-refractivity contribution in [3.8, 4) is 0 Å². The van der Waals surface area contributed by atoms with Crippen LogP contribution in [0.15, 0.2) is 19.4 Å². The van der Waals surface area contributed by atoms with Crippen LogP contribution in [-0.2, 0) is 12.8 Å². The van der Waals surface area contributed by atoms with Crippen LogP contribution >= 0.6 is 44.3 Å². The van der Waals surface area contributed by atoms with Crippen molar-refractivity contribution in [3.05, 3.63) is 22.1 Å². The number of aromatic nitrogens is 2. The summed E-state index contributed by atoms with van der Waals surface area (Å²) in [6, 6.07) is 0. The zero-order valence-corrected chi connectivity index (χ0v) is 15.2. The van der Waals surface area contributed by atoms with Gasteiger partial charge in [-0.3, -0.25) is 0 Å². The van der Waals surface area contributed by atoms with Gasteiger partial charge in [-0.15, -0.1) is 22.7 Å². The third kappa shape index (κ3) is 5.39. The molecular formula is C14H20N2S4. The maximum Gasteiger partial charge on any atom is 0.161 e. The molecule has 0 unspecified atom stereocenters. The standard InChI is InChI=1S/C14H20N2S4/c1-3-5-7-11-9-17-13(15-11)19-20-14-16-12(10-18-14)8-6-4-2/h9-10H,3-8H2,1-2H3. The van der Waals surface area contributed by atoms with Crippen LogP contribution in [0.2, 0.25) is 0 Å². The molecule has 20 heavy (non-hydrogen) atoms. The van der Waals surface area contributed by atoms with Crippen LogP contribution in [0.5, 0.6) is 0 Å². The van der Waals surface area contributed by atoms with Crippen molar-refractivity contribution in [1.82, 2.24) is 9.97 Å². The van der Waals surface area contributed by atoms with E-state index in [9.17, 15) is 0 Å². The summed E-state index contributed by atoms with van der Waals surface area (Å²) >= 11 is 3.50. The van der Waals surface area contributed by atoms with E-state index in [1.165, 1.54) is 37.1 Å². The lowest BCUT2D eigenvalue weighted by Gasteiger charge is -1.94. The second kappa shape index (κ2) is 9.07. The first-order valence-electron chi connectivity index (χ1n) is 7.05. The second-order valence-electron chi connectivity index (χ2n) is 4.58. The Morgan fingerprint density at radius 3 is 1.70 bits per heavy atom. The highest BCUT2D eigenvalue weighted by molar-refractivity contribution is 8.77. The topological polar surface area (TPSA) is 25.8 Å². The molecule has 0 fully saturated rings. The molecular weight excluding hydrogens is 324 g/mol. The van der Waals surface area contributed by atoms with Gasteiger partial charge in [-0.05, 0) is 47.3 Å². The van der Waals surface area contributed by atoms with Gasteiger partial charge < -0.3 is 0 Å². The Morgan fingerprint density at radius 2 is 1.30 bits per heavy atom. The lowest BCUT2D eigenvalue weighted by molar-refractivity contribution is 0.776. The highest BCUT2D eigenvalue weighted by Crippen LogP contribution is 2.40. The summed E-state index contributed by atoms with van der Waals surface area (Å²) in [5.41, 5.74) is 2.48. The van der Waals surface area contributed by atoms with Crippen LogP contribution in [0.3, 0.4) is 0 Å². The maximum atomic E-state index is 4.66. The van der Waals surface area contributed by atoms with Crippen molar-refractivity contribution in [3.63, 3.8) is 0 Å². The number of nitrogens with zero attached hydrogens (tertiary/aromatic N) is 2. The number of aryl methyl sites for hydroxylation is 2. The largest absolute Gasteiger partial charge is 0.234 e. The summed E-state index contributed by atoms with van der Waals surface area (Å²) in [6.45, 7) is 4.44. The number of thiazole rings is 2. The van der Waals surface area contributed by atoms with E-state index >= 15 is 0 Å². The summed E-state index contributed by atoms with van der Waals surface area (Å²) in [5, 5.41) is 4.38. The zero-order valence-electron chi connectivity index (χ0n) is 11.9. The van der Waals surface area contributed by atoms with Gasteiger partial charge in [0.05, 0.1) is 11.4 Å². The molecule has 2 heterocycles. The van der Waals surface area contributed by atoms with E-state index in [2.05, 4.69) is 34.6 Å². The monoisotopic (exact) mass is 344 g/mol. The Morgan fingerprint density at radius 1 is 0.850 bits per heavy atom. The molecule has 0 aliphatic rings. The maximum absolute atomic E-state index is 4.66. The van der Waals surface area contributed by atoms with Crippen molar-refractivity contribution >= 4 is 44.3 Å². The number of hydrogen-bond acceptors (Lipinski definition) is 6. The lowest BCUT2D eigenvalue weighted by atomic mass is 10.2. The van der Waals surface area contributed by atoms with Crippen molar-refractivity contribution in [2.45, 2.75) is 61.1 Å². The van der Waals surface area contributed by atoms with Gasteiger partial charge in [-0.2, -0.15) is 0 Å². The lowest BCUT2D eigenvalue weighted by Crippen LogP contribution is -1.84. The number of hydrogen-bond donors (Lipinski definition) is 0. The Kier molecular flexibility index (Phi) is 7.41. The van der Waals surface area contributed by atoms with Crippen LogP contribution < -0.4 is 0 Å². The molecule has 0 aliphatic heterocycles.